The summed E-state index contributed by atoms with van der Waals surface area (Å²) in [4.78, 5) is 25.0. The fraction of sp³-hybridized carbons (Fsp3) is 0.0417. The summed E-state index contributed by atoms with van der Waals surface area (Å²) in [5.74, 6) is 1.20. The number of ether oxygens (including phenoxy) is 1. The number of H-pyrrole nitrogens is 1. The number of aromatic amines is 1. The molecule has 6 nitrogen and oxygen atoms in total. The summed E-state index contributed by atoms with van der Waals surface area (Å²) in [6.45, 7) is 0.403. The maximum Gasteiger partial charge on any atom is 0.255 e. The topological polar surface area (TPSA) is 79.9 Å². The largest absolute Gasteiger partial charge is 0.487 e. The summed E-state index contributed by atoms with van der Waals surface area (Å²) >= 11 is 1.53. The van der Waals surface area contributed by atoms with Crippen LogP contribution in [0.15, 0.2) is 83.7 Å². The van der Waals surface area contributed by atoms with Gasteiger partial charge in [-0.05, 0) is 48.5 Å². The van der Waals surface area contributed by atoms with Gasteiger partial charge in [0.2, 0.25) is 0 Å². The van der Waals surface area contributed by atoms with E-state index in [9.17, 15) is 4.79 Å². The molecule has 0 fully saturated rings. The van der Waals surface area contributed by atoms with Crippen molar-refractivity contribution in [2.24, 2.45) is 0 Å². The van der Waals surface area contributed by atoms with E-state index in [1.165, 1.54) is 11.3 Å². The van der Waals surface area contributed by atoms with Crippen LogP contribution in [0.3, 0.4) is 0 Å². The van der Waals surface area contributed by atoms with Gasteiger partial charge in [-0.15, -0.1) is 11.3 Å². The number of hydrogen-bond donors (Lipinski definition) is 2. The minimum absolute atomic E-state index is 0.199. The Bertz CT molecular complexity index is 1290. The predicted molar refractivity (Wildman–Crippen MR) is 122 cm³/mol. The quantitative estimate of drug-likeness (QED) is 0.375. The molecule has 0 unspecified atom stereocenters. The molecule has 5 rings (SSSR count). The van der Waals surface area contributed by atoms with Crippen molar-refractivity contribution >= 4 is 34.0 Å². The molecule has 0 radical (unpaired) electrons. The highest BCUT2D eigenvalue weighted by molar-refractivity contribution is 7.07. The molecule has 2 N–H and O–H groups in total. The third kappa shape index (κ3) is 4.17. The van der Waals surface area contributed by atoms with Crippen LogP contribution >= 0.6 is 11.3 Å². The smallest absolute Gasteiger partial charge is 0.255 e. The fourth-order valence-electron chi connectivity index (χ4n) is 3.24. The molecule has 5 aromatic rings. The van der Waals surface area contributed by atoms with Crippen molar-refractivity contribution in [1.82, 2.24) is 15.0 Å². The van der Waals surface area contributed by atoms with Gasteiger partial charge in [0.25, 0.3) is 5.91 Å². The Kier molecular flexibility index (Phi) is 5.16. The number of imidazole rings is 1. The summed E-state index contributed by atoms with van der Waals surface area (Å²) in [6.07, 6.45) is 0. The van der Waals surface area contributed by atoms with Crippen molar-refractivity contribution in [2.75, 3.05) is 5.32 Å². The number of nitrogens with one attached hydrogen (secondary N) is 2. The number of benzene rings is 3. The molecule has 152 valence electrons. The highest BCUT2D eigenvalue weighted by Crippen LogP contribution is 2.28. The van der Waals surface area contributed by atoms with Crippen LogP contribution in [0.2, 0.25) is 0 Å². The van der Waals surface area contributed by atoms with E-state index in [1.54, 1.807) is 29.8 Å². The maximum atomic E-state index is 12.8. The first kappa shape index (κ1) is 19.0. The lowest BCUT2D eigenvalue weighted by molar-refractivity contribution is 0.102. The molecule has 3 aromatic carbocycles. The molecule has 31 heavy (non-hydrogen) atoms. The lowest BCUT2D eigenvalue weighted by Gasteiger charge is -2.10. The van der Waals surface area contributed by atoms with Crippen LogP contribution in [-0.2, 0) is 6.61 Å². The second-order valence-corrected chi connectivity index (χ2v) is 7.61. The van der Waals surface area contributed by atoms with Gasteiger partial charge in [-0.3, -0.25) is 4.79 Å². The van der Waals surface area contributed by atoms with Gasteiger partial charge in [0.15, 0.2) is 0 Å². The Morgan fingerprint density at radius 1 is 1.00 bits per heavy atom. The molecule has 2 aromatic heterocycles. The molecule has 2 heterocycles. The van der Waals surface area contributed by atoms with E-state index in [-0.39, 0.29) is 5.91 Å². The average molecular weight is 427 g/mol. The predicted octanol–water partition coefficient (Wildman–Crippen LogP) is 5.52. The number of anilines is 1. The zero-order chi connectivity index (χ0) is 21.0. The summed E-state index contributed by atoms with van der Waals surface area (Å²) in [5.41, 5.74) is 6.55. The lowest BCUT2D eigenvalue weighted by Crippen LogP contribution is -2.12. The summed E-state index contributed by atoms with van der Waals surface area (Å²) < 4.78 is 5.71. The van der Waals surface area contributed by atoms with Crippen LogP contribution in [-0.4, -0.2) is 20.9 Å². The molecular formula is C24H18N4O2S. The minimum Gasteiger partial charge on any atom is -0.487 e. The minimum atomic E-state index is -0.199. The Morgan fingerprint density at radius 3 is 2.61 bits per heavy atom. The van der Waals surface area contributed by atoms with Crippen molar-refractivity contribution in [3.63, 3.8) is 0 Å². The molecule has 0 aliphatic heterocycles. The number of thiazole rings is 1. The van der Waals surface area contributed by atoms with Gasteiger partial charge >= 0.3 is 0 Å². The van der Waals surface area contributed by atoms with Crippen molar-refractivity contribution in [2.45, 2.75) is 6.61 Å². The van der Waals surface area contributed by atoms with Crippen LogP contribution in [0.25, 0.3) is 22.4 Å². The van der Waals surface area contributed by atoms with Gasteiger partial charge in [0, 0.05) is 16.5 Å². The summed E-state index contributed by atoms with van der Waals surface area (Å²) in [7, 11) is 0. The van der Waals surface area contributed by atoms with E-state index in [4.69, 9.17) is 4.74 Å². The second kappa shape index (κ2) is 8.41. The number of aromatic nitrogens is 3. The van der Waals surface area contributed by atoms with Crippen molar-refractivity contribution in [1.29, 1.82) is 0 Å². The first-order chi connectivity index (χ1) is 15.3. The molecule has 0 atom stereocenters. The Balaban J connectivity index is 1.32. The molecule has 0 aliphatic carbocycles. The number of carbonyl (C=O) groups is 1. The van der Waals surface area contributed by atoms with Crippen LogP contribution in [0.5, 0.6) is 5.75 Å². The number of rotatable bonds is 6. The molecule has 7 heteroatoms. The van der Waals surface area contributed by atoms with Gasteiger partial charge in [-0.1, -0.05) is 24.3 Å². The van der Waals surface area contributed by atoms with Crippen molar-refractivity contribution in [3.05, 3.63) is 94.9 Å². The third-order valence-electron chi connectivity index (χ3n) is 4.81. The van der Waals surface area contributed by atoms with Gasteiger partial charge in [0.1, 0.15) is 18.2 Å². The Hall–Kier alpha value is -3.97. The zero-order valence-corrected chi connectivity index (χ0v) is 17.2. The highest BCUT2D eigenvalue weighted by Gasteiger charge is 2.13. The molecule has 0 saturated carbocycles. The first-order valence-corrected chi connectivity index (χ1v) is 10.7. The van der Waals surface area contributed by atoms with Gasteiger partial charge in [-0.2, -0.15) is 0 Å². The molecule has 0 aliphatic rings. The second-order valence-electron chi connectivity index (χ2n) is 6.90. The monoisotopic (exact) mass is 426 g/mol. The van der Waals surface area contributed by atoms with Crippen LogP contribution in [0, 0.1) is 0 Å². The SMILES string of the molecule is O=C(Nc1ccccc1-c1nc2ccccc2[nH]1)c1ccc(OCc2cscn2)cc1. The van der Waals surface area contributed by atoms with Gasteiger partial charge < -0.3 is 15.0 Å². The number of para-hydroxylation sites is 3. The lowest BCUT2D eigenvalue weighted by atomic mass is 10.1. The first-order valence-electron chi connectivity index (χ1n) is 9.72. The Labute approximate surface area is 182 Å². The van der Waals surface area contributed by atoms with E-state index in [2.05, 4.69) is 20.3 Å². The Morgan fingerprint density at radius 2 is 1.81 bits per heavy atom. The van der Waals surface area contributed by atoms with Gasteiger partial charge in [0.05, 0.1) is 27.9 Å². The molecular weight excluding hydrogens is 408 g/mol. The van der Waals surface area contributed by atoms with Crippen LogP contribution < -0.4 is 10.1 Å². The average Bonchev–Trinajstić information content (AvgIpc) is 3.48. The van der Waals surface area contributed by atoms with E-state index < -0.39 is 0 Å². The molecule has 1 amide bonds. The van der Waals surface area contributed by atoms with Crippen LogP contribution in [0.4, 0.5) is 5.69 Å². The third-order valence-corrected chi connectivity index (χ3v) is 5.44. The summed E-state index contributed by atoms with van der Waals surface area (Å²) in [6, 6.07) is 22.5. The van der Waals surface area contributed by atoms with Crippen molar-refractivity contribution < 1.29 is 9.53 Å². The van der Waals surface area contributed by atoms with Gasteiger partial charge in [-0.25, -0.2) is 9.97 Å². The number of fused-ring (bicyclic) bond motifs is 1. The number of nitrogens with zero attached hydrogens (tertiary/aromatic N) is 2. The van der Waals surface area contributed by atoms with E-state index in [0.717, 1.165) is 22.3 Å². The van der Waals surface area contributed by atoms with E-state index in [1.807, 2.05) is 53.9 Å². The summed E-state index contributed by atoms with van der Waals surface area (Å²) in [5, 5.41) is 4.94. The van der Waals surface area contributed by atoms with E-state index in [0.29, 0.717) is 29.4 Å². The highest BCUT2D eigenvalue weighted by atomic mass is 32.1. The zero-order valence-electron chi connectivity index (χ0n) is 16.4. The molecule has 0 spiro atoms. The number of amides is 1. The molecule has 0 bridgehead atoms. The molecule has 0 saturated heterocycles. The standard InChI is InChI=1S/C24H18N4O2S/c29-24(16-9-11-18(12-10-16)30-13-17-14-31-15-25-17)28-20-6-2-1-5-19(20)23-26-21-7-3-4-8-22(21)27-23/h1-12,14-15H,13H2,(H,26,27)(H,28,29). The van der Waals surface area contributed by atoms with Crippen molar-refractivity contribution in [3.8, 4) is 17.1 Å². The van der Waals surface area contributed by atoms with Crippen LogP contribution in [0.1, 0.15) is 16.1 Å². The number of carbonyl (C=O) groups excluding carboxylic acids is 1. The number of hydrogen-bond acceptors (Lipinski definition) is 5. The fourth-order valence-corrected chi connectivity index (χ4v) is 3.79. The normalized spacial score (nSPS) is 10.8. The maximum absolute atomic E-state index is 12.8. The van der Waals surface area contributed by atoms with E-state index >= 15 is 0 Å².